The van der Waals surface area contributed by atoms with Gasteiger partial charge >= 0.3 is 0 Å². The van der Waals surface area contributed by atoms with Gasteiger partial charge in [0.15, 0.2) is 0 Å². The fourth-order valence-electron chi connectivity index (χ4n) is 1.91. The zero-order valence-electron chi connectivity index (χ0n) is 9.30. The van der Waals surface area contributed by atoms with E-state index < -0.39 is 0 Å². The van der Waals surface area contributed by atoms with E-state index in [2.05, 4.69) is 15.3 Å². The minimum Gasteiger partial charge on any atom is -0.323 e. The van der Waals surface area contributed by atoms with Gasteiger partial charge in [0.25, 0.3) is 0 Å². The Hall–Kier alpha value is -2.14. The van der Waals surface area contributed by atoms with E-state index in [1.54, 1.807) is 6.07 Å². The van der Waals surface area contributed by atoms with Crippen LogP contribution in [-0.4, -0.2) is 22.4 Å². The Balaban J connectivity index is 2.10. The number of hydrogen-bond acceptors (Lipinski definition) is 4. The van der Waals surface area contributed by atoms with E-state index in [4.69, 9.17) is 11.6 Å². The fourth-order valence-corrected chi connectivity index (χ4v) is 2.05. The minimum atomic E-state index is -0.0802. The van der Waals surface area contributed by atoms with Gasteiger partial charge in [0.05, 0.1) is 11.4 Å². The number of carbonyl (C=O) groups excluding carboxylic acids is 1. The van der Waals surface area contributed by atoms with Crippen molar-refractivity contribution in [3.8, 4) is 0 Å². The Morgan fingerprint density at radius 2 is 2.11 bits per heavy atom. The van der Waals surface area contributed by atoms with Gasteiger partial charge in [-0.3, -0.25) is 4.79 Å². The Morgan fingerprint density at radius 1 is 1.28 bits per heavy atom. The summed E-state index contributed by atoms with van der Waals surface area (Å²) < 4.78 is 0. The normalized spacial score (nSPS) is 14.1. The molecule has 18 heavy (non-hydrogen) atoms. The van der Waals surface area contributed by atoms with Gasteiger partial charge in [-0.2, -0.15) is 0 Å². The third-order valence-electron chi connectivity index (χ3n) is 2.67. The molecule has 3 rings (SSSR count). The molecule has 6 heteroatoms. The zero-order chi connectivity index (χ0) is 12.5. The minimum absolute atomic E-state index is 0.0802. The van der Waals surface area contributed by atoms with Gasteiger partial charge in [0.1, 0.15) is 23.8 Å². The molecule has 2 heterocycles. The average molecular weight is 261 g/mol. The number of anilines is 3. The molecular formula is C12H9ClN4O. The second-order valence-electron chi connectivity index (χ2n) is 3.85. The molecular weight excluding hydrogens is 252 g/mol. The van der Waals surface area contributed by atoms with Gasteiger partial charge in [-0.15, -0.1) is 0 Å². The van der Waals surface area contributed by atoms with Crippen LogP contribution in [0, 0.1) is 0 Å². The Kier molecular flexibility index (Phi) is 2.60. The predicted molar refractivity (Wildman–Crippen MR) is 69.1 cm³/mol. The summed E-state index contributed by atoms with van der Waals surface area (Å²) in [6, 6.07) is 9.19. The number of nitrogens with zero attached hydrogens (tertiary/aromatic N) is 3. The maximum Gasteiger partial charge on any atom is 0.244 e. The molecule has 1 aromatic heterocycles. The summed E-state index contributed by atoms with van der Waals surface area (Å²) in [5.74, 6) is 0.528. The van der Waals surface area contributed by atoms with E-state index in [0.717, 1.165) is 11.4 Å². The third kappa shape index (κ3) is 1.89. The lowest BCUT2D eigenvalue weighted by Gasteiger charge is -2.29. The number of aromatic nitrogens is 2. The number of amides is 1. The van der Waals surface area contributed by atoms with Crippen LogP contribution < -0.4 is 10.2 Å². The smallest absolute Gasteiger partial charge is 0.244 e. The molecule has 2 aromatic rings. The highest BCUT2D eigenvalue weighted by Gasteiger charge is 2.23. The van der Waals surface area contributed by atoms with Crippen molar-refractivity contribution in [2.45, 2.75) is 0 Å². The van der Waals surface area contributed by atoms with Gasteiger partial charge in [0.2, 0.25) is 5.91 Å². The van der Waals surface area contributed by atoms with E-state index in [1.165, 1.54) is 6.33 Å². The number of carbonyl (C=O) groups is 1. The second-order valence-corrected chi connectivity index (χ2v) is 4.24. The standard InChI is InChI=1S/C12H9ClN4O/c13-10-5-11(15-7-14-10)17-6-12(18)16-8-3-1-2-4-9(8)17/h1-5,7H,6H2,(H,16,18). The SMILES string of the molecule is O=C1CN(c2cc(Cl)ncn2)c2ccccc2N1. The van der Waals surface area contributed by atoms with E-state index in [1.807, 2.05) is 29.2 Å². The van der Waals surface area contributed by atoms with Crippen molar-refractivity contribution >= 4 is 34.7 Å². The van der Waals surface area contributed by atoms with Crippen LogP contribution in [0.5, 0.6) is 0 Å². The first-order chi connectivity index (χ1) is 8.74. The topological polar surface area (TPSA) is 58.1 Å². The molecule has 0 unspecified atom stereocenters. The number of benzene rings is 1. The number of rotatable bonds is 1. The quantitative estimate of drug-likeness (QED) is 0.799. The number of nitrogens with one attached hydrogen (secondary N) is 1. The molecule has 0 aliphatic carbocycles. The lowest BCUT2D eigenvalue weighted by Crippen LogP contribution is -2.35. The van der Waals surface area contributed by atoms with Crippen molar-refractivity contribution in [2.24, 2.45) is 0 Å². The Bertz CT molecular complexity index is 617. The van der Waals surface area contributed by atoms with Crippen molar-refractivity contribution in [1.29, 1.82) is 0 Å². The molecule has 0 saturated carbocycles. The molecule has 0 atom stereocenters. The molecule has 5 nitrogen and oxygen atoms in total. The Morgan fingerprint density at radius 3 is 2.94 bits per heavy atom. The lowest BCUT2D eigenvalue weighted by molar-refractivity contribution is -0.115. The number of fused-ring (bicyclic) bond motifs is 1. The van der Waals surface area contributed by atoms with E-state index in [0.29, 0.717) is 11.0 Å². The highest BCUT2D eigenvalue weighted by atomic mass is 35.5. The summed E-state index contributed by atoms with van der Waals surface area (Å²) in [6.45, 7) is 0.213. The molecule has 1 N–H and O–H groups in total. The maximum atomic E-state index is 11.7. The summed E-state index contributed by atoms with van der Waals surface area (Å²) in [5, 5.41) is 3.17. The summed E-state index contributed by atoms with van der Waals surface area (Å²) in [6.07, 6.45) is 1.38. The maximum absolute atomic E-state index is 11.7. The predicted octanol–water partition coefficient (Wildman–Crippen LogP) is 2.22. The molecule has 1 aromatic carbocycles. The summed E-state index contributed by atoms with van der Waals surface area (Å²) >= 11 is 5.85. The van der Waals surface area contributed by atoms with Crippen molar-refractivity contribution < 1.29 is 4.79 Å². The summed E-state index contributed by atoms with van der Waals surface area (Å²) in [5.41, 5.74) is 1.66. The van der Waals surface area contributed by atoms with Crippen LogP contribution >= 0.6 is 11.6 Å². The highest BCUT2D eigenvalue weighted by molar-refractivity contribution is 6.29. The van der Waals surface area contributed by atoms with Gasteiger partial charge in [-0.25, -0.2) is 9.97 Å². The molecule has 1 amide bonds. The first-order valence-corrected chi connectivity index (χ1v) is 5.76. The van der Waals surface area contributed by atoms with E-state index >= 15 is 0 Å². The zero-order valence-corrected chi connectivity index (χ0v) is 10.1. The number of hydrogen-bond donors (Lipinski definition) is 1. The van der Waals surface area contributed by atoms with Gasteiger partial charge in [-0.05, 0) is 12.1 Å². The molecule has 1 aliphatic rings. The van der Waals surface area contributed by atoms with Gasteiger partial charge < -0.3 is 10.2 Å². The molecule has 0 saturated heterocycles. The van der Waals surface area contributed by atoms with Crippen LogP contribution in [0.15, 0.2) is 36.7 Å². The number of para-hydroxylation sites is 2. The second kappa shape index (κ2) is 4.27. The van der Waals surface area contributed by atoms with Crippen LogP contribution in [-0.2, 0) is 4.79 Å². The van der Waals surface area contributed by atoms with Crippen molar-refractivity contribution in [1.82, 2.24) is 9.97 Å². The molecule has 0 bridgehead atoms. The largest absolute Gasteiger partial charge is 0.323 e. The van der Waals surface area contributed by atoms with E-state index in [9.17, 15) is 4.79 Å². The highest BCUT2D eigenvalue weighted by Crippen LogP contribution is 2.33. The van der Waals surface area contributed by atoms with Crippen LogP contribution in [0.25, 0.3) is 0 Å². The van der Waals surface area contributed by atoms with Crippen LogP contribution in [0.3, 0.4) is 0 Å². The van der Waals surface area contributed by atoms with Crippen LogP contribution in [0.4, 0.5) is 17.2 Å². The lowest BCUT2D eigenvalue weighted by atomic mass is 10.2. The van der Waals surface area contributed by atoms with E-state index in [-0.39, 0.29) is 12.5 Å². The van der Waals surface area contributed by atoms with Crippen molar-refractivity contribution in [2.75, 3.05) is 16.8 Å². The van der Waals surface area contributed by atoms with Crippen molar-refractivity contribution in [3.63, 3.8) is 0 Å². The average Bonchev–Trinajstić information content (AvgIpc) is 2.37. The molecule has 0 radical (unpaired) electrons. The van der Waals surface area contributed by atoms with Crippen LogP contribution in [0.2, 0.25) is 5.15 Å². The molecule has 1 aliphatic heterocycles. The fraction of sp³-hybridized carbons (Fsp3) is 0.0833. The first-order valence-electron chi connectivity index (χ1n) is 5.38. The Labute approximate surface area is 108 Å². The van der Waals surface area contributed by atoms with Gasteiger partial charge in [0, 0.05) is 6.07 Å². The first kappa shape index (κ1) is 11.0. The molecule has 0 spiro atoms. The number of halogens is 1. The monoisotopic (exact) mass is 260 g/mol. The molecule has 90 valence electrons. The molecule has 0 fully saturated rings. The third-order valence-corrected chi connectivity index (χ3v) is 2.87. The summed E-state index contributed by atoms with van der Waals surface area (Å²) in [7, 11) is 0. The van der Waals surface area contributed by atoms with Crippen LogP contribution in [0.1, 0.15) is 0 Å². The van der Waals surface area contributed by atoms with Crippen molar-refractivity contribution in [3.05, 3.63) is 41.8 Å². The summed E-state index contributed by atoms with van der Waals surface area (Å²) in [4.78, 5) is 21.5. The van der Waals surface area contributed by atoms with Gasteiger partial charge in [-0.1, -0.05) is 23.7 Å².